The Labute approximate surface area is 196 Å². The summed E-state index contributed by atoms with van der Waals surface area (Å²) in [6, 6.07) is 9.82. The first-order valence-electron chi connectivity index (χ1n) is 10.2. The van der Waals surface area contributed by atoms with Crippen molar-refractivity contribution >= 4 is 39.4 Å². The van der Waals surface area contributed by atoms with Gasteiger partial charge in [-0.1, -0.05) is 18.0 Å². The number of carbonyl (C=O) groups is 3. The van der Waals surface area contributed by atoms with E-state index in [1.54, 1.807) is 12.1 Å². The van der Waals surface area contributed by atoms with E-state index in [0.717, 1.165) is 25.3 Å². The van der Waals surface area contributed by atoms with Gasteiger partial charge in [0.15, 0.2) is 6.61 Å². The van der Waals surface area contributed by atoms with Crippen molar-refractivity contribution in [1.29, 1.82) is 0 Å². The summed E-state index contributed by atoms with van der Waals surface area (Å²) in [6.45, 7) is 0.0447. The van der Waals surface area contributed by atoms with E-state index < -0.39 is 34.4 Å². The first-order valence-corrected chi connectivity index (χ1v) is 12.0. The van der Waals surface area contributed by atoms with Gasteiger partial charge in [0.1, 0.15) is 10.6 Å². The lowest BCUT2D eigenvalue weighted by molar-refractivity contribution is -0.123. The maximum Gasteiger partial charge on any atom is 0.338 e. The first kappa shape index (κ1) is 24.7. The number of rotatable bonds is 7. The van der Waals surface area contributed by atoms with E-state index in [1.165, 1.54) is 35.7 Å². The number of amides is 2. The number of methoxy groups -OCH3 is 1. The molecule has 2 aromatic carbocycles. The largest absolute Gasteiger partial charge is 0.497 e. The van der Waals surface area contributed by atoms with E-state index in [1.807, 2.05) is 0 Å². The number of sulfonamides is 1. The van der Waals surface area contributed by atoms with E-state index in [9.17, 15) is 22.8 Å². The highest BCUT2D eigenvalue weighted by molar-refractivity contribution is 7.89. The van der Waals surface area contributed by atoms with Crippen LogP contribution in [0, 0.1) is 0 Å². The number of hydrogen-bond acceptors (Lipinski definition) is 7. The molecule has 1 fully saturated rings. The lowest BCUT2D eigenvalue weighted by Crippen LogP contribution is -2.36. The Morgan fingerprint density at radius 2 is 1.64 bits per heavy atom. The summed E-state index contributed by atoms with van der Waals surface area (Å²) < 4.78 is 37.1. The molecule has 1 N–H and O–H groups in total. The summed E-state index contributed by atoms with van der Waals surface area (Å²) in [5.41, 5.74) is 0.144. The van der Waals surface area contributed by atoms with Gasteiger partial charge >= 0.3 is 5.97 Å². The monoisotopic (exact) mass is 494 g/mol. The predicted octanol–water partition coefficient (Wildman–Crippen LogP) is 2.64. The Hall–Kier alpha value is -2.95. The summed E-state index contributed by atoms with van der Waals surface area (Å²) in [5.74, 6) is -1.87. The minimum atomic E-state index is -3.87. The van der Waals surface area contributed by atoms with Crippen molar-refractivity contribution in [1.82, 2.24) is 9.62 Å². The van der Waals surface area contributed by atoms with Crippen molar-refractivity contribution in [2.75, 3.05) is 26.8 Å². The van der Waals surface area contributed by atoms with Gasteiger partial charge in [0.25, 0.3) is 11.8 Å². The molecule has 2 amide bonds. The molecule has 3 rings (SSSR count). The first-order chi connectivity index (χ1) is 15.7. The van der Waals surface area contributed by atoms with Crippen LogP contribution in [0.4, 0.5) is 0 Å². The van der Waals surface area contributed by atoms with Crippen LogP contribution in [0.5, 0.6) is 5.75 Å². The van der Waals surface area contributed by atoms with E-state index >= 15 is 0 Å². The van der Waals surface area contributed by atoms with Crippen LogP contribution in [-0.2, 0) is 19.6 Å². The summed E-state index contributed by atoms with van der Waals surface area (Å²) in [5, 5.41) is 2.09. The number of piperidine rings is 1. The normalized spacial score (nSPS) is 14.4. The van der Waals surface area contributed by atoms with Crippen LogP contribution in [0.3, 0.4) is 0 Å². The number of ether oxygens (including phenoxy) is 2. The van der Waals surface area contributed by atoms with Gasteiger partial charge in [-0.25, -0.2) is 13.2 Å². The third kappa shape index (κ3) is 6.10. The molecule has 0 atom stereocenters. The molecule has 1 aliphatic heterocycles. The number of benzene rings is 2. The smallest absolute Gasteiger partial charge is 0.338 e. The second kappa shape index (κ2) is 10.8. The topological polar surface area (TPSA) is 119 Å². The molecular formula is C22H23ClN2O7S. The van der Waals surface area contributed by atoms with Gasteiger partial charge in [-0.05, 0) is 55.3 Å². The summed E-state index contributed by atoms with van der Waals surface area (Å²) >= 11 is 6.10. The number of nitrogens with zero attached hydrogens (tertiary/aromatic N) is 1. The van der Waals surface area contributed by atoms with Crippen LogP contribution in [0.1, 0.15) is 40.0 Å². The molecule has 0 spiro atoms. The number of hydrogen-bond donors (Lipinski definition) is 1. The molecule has 9 nitrogen and oxygen atoms in total. The van der Waals surface area contributed by atoms with Gasteiger partial charge in [-0.15, -0.1) is 0 Å². The van der Waals surface area contributed by atoms with Crippen molar-refractivity contribution in [2.24, 2.45) is 0 Å². The molecule has 0 radical (unpaired) electrons. The number of imide groups is 1. The maximum atomic E-state index is 12.9. The highest BCUT2D eigenvalue weighted by Gasteiger charge is 2.29. The molecule has 33 heavy (non-hydrogen) atoms. The van der Waals surface area contributed by atoms with E-state index in [0.29, 0.717) is 18.8 Å². The molecule has 0 unspecified atom stereocenters. The standard InChI is InChI=1S/C22H23ClN2O7S/c1-31-17-8-5-15(6-9-17)21(27)24-20(26)14-32-22(28)16-7-10-18(23)19(13-16)33(29,30)25-11-3-2-4-12-25/h5-10,13H,2-4,11-12,14H2,1H3,(H,24,26,27). The lowest BCUT2D eigenvalue weighted by atomic mass is 10.2. The lowest BCUT2D eigenvalue weighted by Gasteiger charge is -2.26. The zero-order valence-electron chi connectivity index (χ0n) is 17.9. The zero-order chi connectivity index (χ0) is 24.0. The van der Waals surface area contributed by atoms with Crippen molar-refractivity contribution < 1.29 is 32.3 Å². The van der Waals surface area contributed by atoms with Gasteiger partial charge in [0.2, 0.25) is 10.0 Å². The third-order valence-corrected chi connectivity index (χ3v) is 7.42. The van der Waals surface area contributed by atoms with Gasteiger partial charge in [0.05, 0.1) is 17.7 Å². The second-order valence-electron chi connectivity index (χ2n) is 7.29. The molecule has 0 aromatic heterocycles. The van der Waals surface area contributed by atoms with Crippen molar-refractivity contribution in [2.45, 2.75) is 24.2 Å². The van der Waals surface area contributed by atoms with Crippen LogP contribution in [0.15, 0.2) is 47.4 Å². The molecule has 1 heterocycles. The van der Waals surface area contributed by atoms with Crippen LogP contribution in [0.2, 0.25) is 5.02 Å². The van der Waals surface area contributed by atoms with Crippen molar-refractivity contribution in [3.63, 3.8) is 0 Å². The number of nitrogens with one attached hydrogen (secondary N) is 1. The fourth-order valence-corrected chi connectivity index (χ4v) is 5.28. The molecule has 0 saturated carbocycles. The fraction of sp³-hybridized carbons (Fsp3) is 0.318. The van der Waals surface area contributed by atoms with Crippen LogP contribution in [-0.4, -0.2) is 57.3 Å². The minimum Gasteiger partial charge on any atom is -0.497 e. The number of esters is 1. The molecule has 0 aliphatic carbocycles. The predicted molar refractivity (Wildman–Crippen MR) is 120 cm³/mol. The highest BCUT2D eigenvalue weighted by atomic mass is 35.5. The molecule has 11 heteroatoms. The third-order valence-electron chi connectivity index (χ3n) is 5.04. The summed E-state index contributed by atoms with van der Waals surface area (Å²) in [4.78, 5) is 36.3. The Morgan fingerprint density at radius 1 is 1.00 bits per heavy atom. The SMILES string of the molecule is COc1ccc(C(=O)NC(=O)COC(=O)c2ccc(Cl)c(S(=O)(=O)N3CCCCC3)c2)cc1. The molecular weight excluding hydrogens is 472 g/mol. The molecule has 1 aliphatic rings. The molecule has 2 aromatic rings. The summed E-state index contributed by atoms with van der Waals surface area (Å²) in [6.07, 6.45) is 2.46. The van der Waals surface area contributed by atoms with Gasteiger partial charge in [-0.3, -0.25) is 14.9 Å². The van der Waals surface area contributed by atoms with Crippen LogP contribution >= 0.6 is 11.6 Å². The Bertz CT molecular complexity index is 1140. The quantitative estimate of drug-likeness (QED) is 0.587. The Balaban J connectivity index is 1.62. The average molecular weight is 495 g/mol. The van der Waals surface area contributed by atoms with Crippen LogP contribution in [0.25, 0.3) is 0 Å². The van der Waals surface area contributed by atoms with Crippen LogP contribution < -0.4 is 10.1 Å². The maximum absolute atomic E-state index is 12.9. The summed E-state index contributed by atoms with van der Waals surface area (Å²) in [7, 11) is -2.39. The highest BCUT2D eigenvalue weighted by Crippen LogP contribution is 2.28. The van der Waals surface area contributed by atoms with E-state index in [-0.39, 0.29) is 21.0 Å². The Kier molecular flexibility index (Phi) is 8.06. The number of halogens is 1. The van der Waals surface area contributed by atoms with Gasteiger partial charge in [-0.2, -0.15) is 4.31 Å². The number of carbonyl (C=O) groups excluding carboxylic acids is 3. The second-order valence-corrected chi connectivity index (χ2v) is 9.61. The Morgan fingerprint density at radius 3 is 2.27 bits per heavy atom. The fourth-order valence-electron chi connectivity index (χ4n) is 3.26. The van der Waals surface area contributed by atoms with Crippen molar-refractivity contribution in [3.05, 3.63) is 58.6 Å². The van der Waals surface area contributed by atoms with Crippen molar-refractivity contribution in [3.8, 4) is 5.75 Å². The molecule has 0 bridgehead atoms. The van der Waals surface area contributed by atoms with Gasteiger partial charge < -0.3 is 9.47 Å². The minimum absolute atomic E-state index is 0.0139. The average Bonchev–Trinajstić information content (AvgIpc) is 2.83. The van der Waals surface area contributed by atoms with E-state index in [2.05, 4.69) is 5.32 Å². The molecule has 1 saturated heterocycles. The zero-order valence-corrected chi connectivity index (χ0v) is 19.4. The van der Waals surface area contributed by atoms with E-state index in [4.69, 9.17) is 21.1 Å². The van der Waals surface area contributed by atoms with Gasteiger partial charge in [0, 0.05) is 18.7 Å². The molecule has 176 valence electrons.